The molecule has 2 heterocycles. The normalized spacial score (nSPS) is 11.3. The number of nitrogens with two attached hydrogens (primary N) is 1. The molecule has 0 saturated heterocycles. The highest BCUT2D eigenvalue weighted by Crippen LogP contribution is 2.22. The predicted molar refractivity (Wildman–Crippen MR) is 73.1 cm³/mol. The number of benzene rings is 1. The second kappa shape index (κ2) is 5.01. The van der Waals surface area contributed by atoms with Crippen LogP contribution in [-0.4, -0.2) is 29.9 Å². The van der Waals surface area contributed by atoms with E-state index in [-0.39, 0.29) is 28.7 Å². The second-order valence-electron chi connectivity index (χ2n) is 4.06. The summed E-state index contributed by atoms with van der Waals surface area (Å²) in [6.07, 6.45) is 0. The van der Waals surface area contributed by atoms with Gasteiger partial charge in [0.15, 0.2) is 11.5 Å². The number of nitrogen functional groups attached to an aromatic ring is 1. The number of aromatic amines is 1. The van der Waals surface area contributed by atoms with E-state index < -0.39 is 10.5 Å². The zero-order valence-corrected chi connectivity index (χ0v) is 10.7. The van der Waals surface area contributed by atoms with E-state index in [2.05, 4.69) is 30.7 Å². The molecule has 1 aromatic carbocycles. The Labute approximate surface area is 120 Å². The van der Waals surface area contributed by atoms with E-state index in [9.17, 15) is 14.9 Å². The average molecular weight is 301 g/mol. The van der Waals surface area contributed by atoms with Crippen molar-refractivity contribution < 1.29 is 4.92 Å². The van der Waals surface area contributed by atoms with E-state index in [4.69, 9.17) is 5.73 Å². The summed E-state index contributed by atoms with van der Waals surface area (Å²) in [5, 5.41) is 27.4. The molecule has 0 aliphatic carbocycles. The highest BCUT2D eigenvalue weighted by Gasteiger charge is 2.12. The first kappa shape index (κ1) is 13.3. The molecule has 2 aromatic heterocycles. The third-order valence-corrected chi connectivity index (χ3v) is 2.66. The minimum atomic E-state index is -0.637. The van der Waals surface area contributed by atoms with E-state index in [0.717, 1.165) is 4.52 Å². The van der Waals surface area contributed by atoms with Gasteiger partial charge in [0.05, 0.1) is 10.6 Å². The topological polar surface area (TPSA) is 170 Å². The number of nitro groups is 1. The van der Waals surface area contributed by atoms with Crippen molar-refractivity contribution in [2.75, 3.05) is 5.73 Å². The van der Waals surface area contributed by atoms with E-state index in [0.29, 0.717) is 0 Å². The van der Waals surface area contributed by atoms with Gasteiger partial charge in [-0.05, 0) is 11.3 Å². The summed E-state index contributed by atoms with van der Waals surface area (Å²) in [6, 6.07) is 5.46. The molecule has 110 valence electrons. The van der Waals surface area contributed by atoms with Crippen LogP contribution in [0.5, 0.6) is 0 Å². The monoisotopic (exact) mass is 301 g/mol. The lowest BCUT2D eigenvalue weighted by Crippen LogP contribution is -2.16. The third kappa shape index (κ3) is 2.24. The van der Waals surface area contributed by atoms with Gasteiger partial charge in [-0.25, -0.2) is 0 Å². The lowest BCUT2D eigenvalue weighted by atomic mass is 10.3. The molecule has 0 unspecified atom stereocenters. The van der Waals surface area contributed by atoms with Crippen molar-refractivity contribution in [2.45, 2.75) is 0 Å². The molecule has 0 aliphatic rings. The summed E-state index contributed by atoms with van der Waals surface area (Å²) in [5.74, 6) is -0.176. The van der Waals surface area contributed by atoms with E-state index in [1.54, 1.807) is 0 Å². The van der Waals surface area contributed by atoms with Crippen molar-refractivity contribution in [2.24, 2.45) is 10.2 Å². The van der Waals surface area contributed by atoms with Gasteiger partial charge < -0.3 is 5.73 Å². The summed E-state index contributed by atoms with van der Waals surface area (Å²) >= 11 is 0. The molecule has 3 aromatic rings. The minimum absolute atomic E-state index is 0.00296. The van der Waals surface area contributed by atoms with E-state index >= 15 is 0 Å². The highest BCUT2D eigenvalue weighted by molar-refractivity contribution is 5.58. The van der Waals surface area contributed by atoms with Crippen LogP contribution in [0.1, 0.15) is 0 Å². The van der Waals surface area contributed by atoms with Gasteiger partial charge in [0, 0.05) is 12.1 Å². The fourth-order valence-corrected chi connectivity index (χ4v) is 1.66. The zero-order valence-electron chi connectivity index (χ0n) is 10.7. The van der Waals surface area contributed by atoms with Crippen LogP contribution in [-0.2, 0) is 0 Å². The Morgan fingerprint density at radius 1 is 1.36 bits per heavy atom. The van der Waals surface area contributed by atoms with Crippen LogP contribution in [0.3, 0.4) is 0 Å². The zero-order chi connectivity index (χ0) is 15.7. The number of nitrogens with zero attached hydrogens (tertiary/aromatic N) is 7. The average Bonchev–Trinajstić information content (AvgIpc) is 2.95. The highest BCUT2D eigenvalue weighted by atomic mass is 16.6. The van der Waals surface area contributed by atoms with Crippen molar-refractivity contribution in [3.8, 4) is 0 Å². The molecular formula is C10H7N9O3. The number of nitrogens with one attached hydrogen (secondary N) is 1. The van der Waals surface area contributed by atoms with Crippen LogP contribution in [0.2, 0.25) is 0 Å². The number of fused-ring (bicyclic) bond motifs is 1. The van der Waals surface area contributed by atoms with E-state index in [1.807, 2.05) is 0 Å². The van der Waals surface area contributed by atoms with Gasteiger partial charge in [0.1, 0.15) is 0 Å². The van der Waals surface area contributed by atoms with Gasteiger partial charge in [-0.15, -0.1) is 10.2 Å². The first-order valence-electron chi connectivity index (χ1n) is 5.82. The number of azo groups is 1. The molecule has 3 rings (SSSR count). The Kier molecular flexibility index (Phi) is 3.02. The summed E-state index contributed by atoms with van der Waals surface area (Å²) in [5.41, 5.74) is 4.81. The maximum atomic E-state index is 12.1. The van der Waals surface area contributed by atoms with E-state index in [1.165, 1.54) is 24.3 Å². The Balaban J connectivity index is 2.04. The van der Waals surface area contributed by atoms with Crippen LogP contribution >= 0.6 is 0 Å². The summed E-state index contributed by atoms with van der Waals surface area (Å²) in [4.78, 5) is 26.0. The van der Waals surface area contributed by atoms with Gasteiger partial charge in [-0.2, -0.15) is 14.7 Å². The molecular weight excluding hydrogens is 294 g/mol. The molecule has 0 amide bonds. The van der Waals surface area contributed by atoms with Crippen molar-refractivity contribution in [3.63, 3.8) is 0 Å². The minimum Gasteiger partial charge on any atom is -0.382 e. The van der Waals surface area contributed by atoms with Gasteiger partial charge in [-0.3, -0.25) is 14.9 Å². The van der Waals surface area contributed by atoms with Crippen molar-refractivity contribution in [1.29, 1.82) is 0 Å². The molecule has 0 radical (unpaired) electrons. The van der Waals surface area contributed by atoms with Gasteiger partial charge in [0.2, 0.25) is 0 Å². The lowest BCUT2D eigenvalue weighted by Gasteiger charge is -1.97. The summed E-state index contributed by atoms with van der Waals surface area (Å²) in [6.45, 7) is 0. The molecule has 0 aliphatic heterocycles. The Bertz CT molecular complexity index is 958. The number of rotatable bonds is 3. The van der Waals surface area contributed by atoms with Crippen LogP contribution in [0, 0.1) is 10.1 Å². The first-order valence-corrected chi connectivity index (χ1v) is 5.82. The molecule has 3 N–H and O–H groups in total. The maximum absolute atomic E-state index is 12.1. The van der Waals surface area contributed by atoms with Gasteiger partial charge in [0.25, 0.3) is 11.5 Å². The largest absolute Gasteiger partial charge is 0.382 e. The number of anilines is 1. The number of hydrogen-bond acceptors (Lipinski definition) is 9. The Morgan fingerprint density at radius 3 is 2.95 bits per heavy atom. The fraction of sp³-hybridized carbons (Fsp3) is 0. The summed E-state index contributed by atoms with van der Waals surface area (Å²) < 4.78 is 0.943. The second-order valence-corrected chi connectivity index (χ2v) is 4.06. The first-order chi connectivity index (χ1) is 10.6. The molecule has 22 heavy (non-hydrogen) atoms. The van der Waals surface area contributed by atoms with Gasteiger partial charge >= 0.3 is 5.56 Å². The van der Waals surface area contributed by atoms with Crippen molar-refractivity contribution >= 4 is 28.7 Å². The molecule has 0 bridgehead atoms. The number of aromatic nitrogens is 5. The fourth-order valence-electron chi connectivity index (χ4n) is 1.66. The quantitative estimate of drug-likeness (QED) is 0.407. The summed E-state index contributed by atoms with van der Waals surface area (Å²) in [7, 11) is 0. The molecule has 12 nitrogen and oxygen atoms in total. The van der Waals surface area contributed by atoms with Crippen LogP contribution < -0.4 is 11.3 Å². The number of tetrazole rings is 1. The van der Waals surface area contributed by atoms with Gasteiger partial charge in [-0.1, -0.05) is 11.2 Å². The predicted octanol–water partition coefficient (Wildman–Crippen LogP) is 0.718. The lowest BCUT2D eigenvalue weighted by molar-refractivity contribution is -0.384. The van der Waals surface area contributed by atoms with Crippen molar-refractivity contribution in [1.82, 2.24) is 25.0 Å². The SMILES string of the molecule is Nc1nc2nn[nH]n2c(=O)c1N=Nc1cccc([N+](=O)[O-])c1. The number of nitro benzene ring substituents is 1. The van der Waals surface area contributed by atoms with Crippen LogP contribution in [0.4, 0.5) is 22.9 Å². The number of hydrogen-bond donors (Lipinski definition) is 2. The van der Waals surface area contributed by atoms with Crippen molar-refractivity contribution in [3.05, 3.63) is 44.7 Å². The van der Waals surface area contributed by atoms with Crippen LogP contribution in [0.25, 0.3) is 5.78 Å². The molecule has 0 atom stereocenters. The maximum Gasteiger partial charge on any atom is 0.305 e. The van der Waals surface area contributed by atoms with Crippen LogP contribution in [0.15, 0.2) is 39.3 Å². The Morgan fingerprint density at radius 2 is 2.18 bits per heavy atom. The number of H-pyrrole nitrogens is 1. The molecule has 12 heteroatoms. The number of non-ortho nitro benzene ring substituents is 1. The molecule has 0 saturated carbocycles. The third-order valence-electron chi connectivity index (χ3n) is 2.66. The molecule has 0 spiro atoms. The Hall–Kier alpha value is -3.70. The standard InChI is InChI=1S/C10H7N9O3/c11-8-7(9(20)18-10(12-8)15-16-17-18)14-13-5-2-1-3-6(4-5)19(21)22/h1-4H,11H2,(H,12,15,17). The smallest absolute Gasteiger partial charge is 0.305 e. The molecule has 0 fully saturated rings.